The highest BCUT2D eigenvalue weighted by molar-refractivity contribution is 5.90. The minimum Gasteiger partial charge on any atom is -0.508 e. The topological polar surface area (TPSA) is 146 Å². The second kappa shape index (κ2) is 8.10. The Kier molecular flexibility index (Phi) is 5.31. The van der Waals surface area contributed by atoms with Gasteiger partial charge in [-0.3, -0.25) is 0 Å². The highest BCUT2D eigenvalue weighted by Crippen LogP contribution is 2.44. The second-order valence-corrected chi connectivity index (χ2v) is 7.26. The Labute approximate surface area is 182 Å². The summed E-state index contributed by atoms with van der Waals surface area (Å²) in [6, 6.07) is 10.5. The first-order valence-corrected chi connectivity index (χ1v) is 9.58. The highest BCUT2D eigenvalue weighted by Gasteiger charge is 2.36. The Hall–Kier alpha value is -4.27. The molecule has 0 aliphatic carbocycles. The maximum absolute atomic E-state index is 12.8. The normalized spacial score (nSPS) is 17.2. The van der Waals surface area contributed by atoms with E-state index in [0.717, 1.165) is 6.07 Å². The van der Waals surface area contributed by atoms with Crippen LogP contribution in [-0.4, -0.2) is 44.7 Å². The van der Waals surface area contributed by atoms with Gasteiger partial charge < -0.3 is 39.7 Å². The third kappa shape index (κ3) is 3.87. The summed E-state index contributed by atoms with van der Waals surface area (Å²) in [4.78, 5) is 12.8. The van der Waals surface area contributed by atoms with Crippen molar-refractivity contribution in [1.82, 2.24) is 0 Å². The van der Waals surface area contributed by atoms with Gasteiger partial charge in [0.25, 0.3) is 0 Å². The molecule has 0 saturated carbocycles. The zero-order valence-corrected chi connectivity index (χ0v) is 16.8. The molecule has 2 atom stereocenters. The van der Waals surface area contributed by atoms with E-state index in [4.69, 9.17) is 14.2 Å². The third-order valence-electron chi connectivity index (χ3n) is 5.17. The molecule has 3 aromatic carbocycles. The Balaban J connectivity index is 1.70. The van der Waals surface area contributed by atoms with Crippen LogP contribution in [0, 0.1) is 0 Å². The lowest BCUT2D eigenvalue weighted by atomic mass is 9.93. The number of rotatable bonds is 4. The van der Waals surface area contributed by atoms with Crippen molar-refractivity contribution in [3.05, 3.63) is 65.2 Å². The van der Waals surface area contributed by atoms with Crippen LogP contribution in [0.25, 0.3) is 0 Å². The molecule has 0 saturated heterocycles. The molecule has 1 aliphatic heterocycles. The van der Waals surface area contributed by atoms with Gasteiger partial charge in [-0.15, -0.1) is 0 Å². The summed E-state index contributed by atoms with van der Waals surface area (Å²) < 4.78 is 16.6. The lowest BCUT2D eigenvalue weighted by Crippen LogP contribution is -2.34. The number of carbonyl (C=O) groups excluding carboxylic acids is 1. The molecule has 9 nitrogen and oxygen atoms in total. The summed E-state index contributed by atoms with van der Waals surface area (Å²) in [6.07, 6.45) is -1.80. The van der Waals surface area contributed by atoms with Gasteiger partial charge in [-0.1, -0.05) is 6.07 Å². The molecule has 1 heterocycles. The first-order valence-electron chi connectivity index (χ1n) is 9.58. The fourth-order valence-electron chi connectivity index (χ4n) is 3.56. The molecular weight excluding hydrogens is 420 g/mol. The molecule has 166 valence electrons. The fraction of sp³-hybridized carbons (Fsp3) is 0.174. The monoisotopic (exact) mass is 440 g/mol. The lowest BCUT2D eigenvalue weighted by molar-refractivity contribution is -0.0188. The number of hydrogen-bond donors (Lipinski definition) is 5. The molecular formula is C23H20O9. The van der Waals surface area contributed by atoms with Crippen LogP contribution in [0.3, 0.4) is 0 Å². The van der Waals surface area contributed by atoms with E-state index >= 15 is 0 Å². The summed E-state index contributed by atoms with van der Waals surface area (Å²) in [5.74, 6) is -1.72. The van der Waals surface area contributed by atoms with Crippen LogP contribution in [0.1, 0.15) is 27.6 Å². The summed E-state index contributed by atoms with van der Waals surface area (Å²) in [6.45, 7) is 0. The first-order chi connectivity index (χ1) is 15.3. The fourth-order valence-corrected chi connectivity index (χ4v) is 3.56. The van der Waals surface area contributed by atoms with Crippen molar-refractivity contribution in [1.29, 1.82) is 0 Å². The quantitative estimate of drug-likeness (QED) is 0.305. The Morgan fingerprint density at radius 2 is 1.66 bits per heavy atom. The van der Waals surface area contributed by atoms with Gasteiger partial charge in [-0.25, -0.2) is 4.79 Å². The predicted molar refractivity (Wildman–Crippen MR) is 110 cm³/mol. The first kappa shape index (κ1) is 21.0. The summed E-state index contributed by atoms with van der Waals surface area (Å²) >= 11 is 0. The molecule has 9 heteroatoms. The van der Waals surface area contributed by atoms with Gasteiger partial charge in [0.1, 0.15) is 23.4 Å². The maximum atomic E-state index is 12.8. The highest BCUT2D eigenvalue weighted by atomic mass is 16.6. The number of fused-ring (bicyclic) bond motifs is 1. The standard InChI is InChI=1S/C23H20O9/c1-30-20-7-12(3-5-16(20)26)23(29)32-21-10-14-17(27)8-13(24)9-19(14)31-22(21)11-2-4-15(25)18(28)6-11/h2-9,21-22,24-28H,10H2,1H3. The molecule has 0 bridgehead atoms. The molecule has 0 amide bonds. The van der Waals surface area contributed by atoms with Gasteiger partial charge in [0.15, 0.2) is 29.1 Å². The van der Waals surface area contributed by atoms with Gasteiger partial charge in [0.05, 0.1) is 12.7 Å². The van der Waals surface area contributed by atoms with E-state index in [2.05, 4.69) is 0 Å². The number of carbonyl (C=O) groups is 1. The van der Waals surface area contributed by atoms with E-state index in [1.807, 2.05) is 0 Å². The van der Waals surface area contributed by atoms with Crippen molar-refractivity contribution in [2.75, 3.05) is 7.11 Å². The van der Waals surface area contributed by atoms with Crippen molar-refractivity contribution >= 4 is 5.97 Å². The number of aromatic hydroxyl groups is 5. The number of benzene rings is 3. The summed E-state index contributed by atoms with van der Waals surface area (Å²) in [7, 11) is 1.35. The van der Waals surface area contributed by atoms with E-state index in [1.165, 1.54) is 49.6 Å². The molecule has 0 spiro atoms. The van der Waals surface area contributed by atoms with Crippen LogP contribution in [0.4, 0.5) is 0 Å². The lowest BCUT2D eigenvalue weighted by Gasteiger charge is -2.34. The van der Waals surface area contributed by atoms with Gasteiger partial charge in [-0.2, -0.15) is 0 Å². The van der Waals surface area contributed by atoms with Crippen LogP contribution in [0.15, 0.2) is 48.5 Å². The van der Waals surface area contributed by atoms with E-state index in [-0.39, 0.29) is 52.2 Å². The Morgan fingerprint density at radius 3 is 2.38 bits per heavy atom. The second-order valence-electron chi connectivity index (χ2n) is 7.26. The van der Waals surface area contributed by atoms with Gasteiger partial charge >= 0.3 is 5.97 Å². The van der Waals surface area contributed by atoms with Crippen molar-refractivity contribution < 1.29 is 44.5 Å². The van der Waals surface area contributed by atoms with E-state index in [1.54, 1.807) is 0 Å². The van der Waals surface area contributed by atoms with Crippen LogP contribution in [0.5, 0.6) is 40.2 Å². The number of phenolic OH excluding ortho intramolecular Hbond substituents is 5. The van der Waals surface area contributed by atoms with Crippen LogP contribution < -0.4 is 9.47 Å². The third-order valence-corrected chi connectivity index (χ3v) is 5.17. The molecule has 0 aromatic heterocycles. The Morgan fingerprint density at radius 1 is 0.906 bits per heavy atom. The smallest absolute Gasteiger partial charge is 0.338 e. The molecule has 0 fully saturated rings. The molecule has 4 rings (SSSR count). The number of esters is 1. The minimum absolute atomic E-state index is 0.0503. The number of ether oxygens (including phenoxy) is 3. The minimum atomic E-state index is -0.936. The molecule has 0 radical (unpaired) electrons. The number of hydrogen-bond acceptors (Lipinski definition) is 9. The molecule has 32 heavy (non-hydrogen) atoms. The van der Waals surface area contributed by atoms with Gasteiger partial charge in [-0.05, 0) is 30.3 Å². The maximum Gasteiger partial charge on any atom is 0.338 e. The zero-order valence-electron chi connectivity index (χ0n) is 16.8. The summed E-state index contributed by atoms with van der Waals surface area (Å²) in [5, 5.41) is 49.3. The van der Waals surface area contributed by atoms with Crippen molar-refractivity contribution in [2.24, 2.45) is 0 Å². The predicted octanol–water partition coefficient (Wildman–Crippen LogP) is 3.13. The average Bonchev–Trinajstić information content (AvgIpc) is 2.76. The van der Waals surface area contributed by atoms with Crippen molar-refractivity contribution in [3.63, 3.8) is 0 Å². The van der Waals surface area contributed by atoms with Crippen LogP contribution in [0.2, 0.25) is 0 Å². The van der Waals surface area contributed by atoms with Crippen molar-refractivity contribution in [2.45, 2.75) is 18.6 Å². The molecule has 3 aromatic rings. The van der Waals surface area contributed by atoms with E-state index in [0.29, 0.717) is 11.1 Å². The van der Waals surface area contributed by atoms with Crippen LogP contribution >= 0.6 is 0 Å². The zero-order chi connectivity index (χ0) is 23.0. The largest absolute Gasteiger partial charge is 0.508 e. The molecule has 2 unspecified atom stereocenters. The summed E-state index contributed by atoms with van der Waals surface area (Å²) in [5.41, 5.74) is 0.852. The van der Waals surface area contributed by atoms with Gasteiger partial charge in [0.2, 0.25) is 0 Å². The Bertz CT molecular complexity index is 1190. The SMILES string of the molecule is COc1cc(C(=O)OC2Cc3c(O)cc(O)cc3OC2c2ccc(O)c(O)c2)ccc1O. The van der Waals surface area contributed by atoms with E-state index < -0.39 is 18.2 Å². The average molecular weight is 440 g/mol. The molecule has 1 aliphatic rings. The van der Waals surface area contributed by atoms with Gasteiger partial charge in [0, 0.05) is 29.7 Å². The van der Waals surface area contributed by atoms with Crippen molar-refractivity contribution in [3.8, 4) is 40.2 Å². The van der Waals surface area contributed by atoms with Crippen LogP contribution in [-0.2, 0) is 11.2 Å². The van der Waals surface area contributed by atoms with E-state index in [9.17, 15) is 30.3 Å². The molecule has 5 N–H and O–H groups in total. The number of phenols is 5. The number of methoxy groups -OCH3 is 1.